The lowest BCUT2D eigenvalue weighted by Crippen LogP contribution is -2.34. The quantitative estimate of drug-likeness (QED) is 0.422. The van der Waals surface area contributed by atoms with Crippen molar-refractivity contribution in [3.05, 3.63) is 53.9 Å². The van der Waals surface area contributed by atoms with Crippen LogP contribution in [0.15, 0.2) is 47.8 Å². The number of hydrogen-bond donors (Lipinski definition) is 0. The molecule has 1 aromatic carbocycles. The summed E-state index contributed by atoms with van der Waals surface area (Å²) in [5.41, 5.74) is 2.42. The Hall–Kier alpha value is -1.89. The second kappa shape index (κ2) is 11.7. The highest BCUT2D eigenvalue weighted by Gasteiger charge is 2.22. The summed E-state index contributed by atoms with van der Waals surface area (Å²) < 4.78 is 5.23. The van der Waals surface area contributed by atoms with Gasteiger partial charge in [-0.15, -0.1) is 0 Å². The van der Waals surface area contributed by atoms with E-state index in [0.717, 1.165) is 42.8 Å². The predicted molar refractivity (Wildman–Crippen MR) is 129 cm³/mol. The summed E-state index contributed by atoms with van der Waals surface area (Å²) in [5, 5.41) is 0.938. The number of ether oxygens (including phenoxy) is 1. The molecule has 5 nitrogen and oxygen atoms in total. The van der Waals surface area contributed by atoms with Crippen LogP contribution in [0.3, 0.4) is 0 Å². The van der Waals surface area contributed by atoms with E-state index in [1.165, 1.54) is 50.0 Å². The van der Waals surface area contributed by atoms with Crippen LogP contribution >= 0.6 is 11.8 Å². The summed E-state index contributed by atoms with van der Waals surface area (Å²) in [4.78, 5) is 14.5. The lowest BCUT2D eigenvalue weighted by molar-refractivity contribution is 0.226. The Kier molecular flexibility index (Phi) is 8.38. The molecule has 2 aliphatic heterocycles. The van der Waals surface area contributed by atoms with Crippen molar-refractivity contribution in [2.45, 2.75) is 36.8 Å². The first kappa shape index (κ1) is 22.3. The second-order valence-corrected chi connectivity index (χ2v) is 9.50. The molecular weight excluding hydrogens is 404 g/mol. The van der Waals surface area contributed by atoms with Crippen LogP contribution < -0.4 is 4.74 Å². The van der Waals surface area contributed by atoms with E-state index < -0.39 is 0 Å². The van der Waals surface area contributed by atoms with Crippen molar-refractivity contribution in [1.29, 1.82) is 0 Å². The predicted octanol–water partition coefficient (Wildman–Crippen LogP) is 4.57. The average Bonchev–Trinajstić information content (AvgIpc) is 3.34. The number of aromatic nitrogens is 2. The van der Waals surface area contributed by atoms with Crippen molar-refractivity contribution >= 4 is 17.8 Å². The molecule has 0 aliphatic carbocycles. The summed E-state index contributed by atoms with van der Waals surface area (Å²) >= 11 is 1.80. The van der Waals surface area contributed by atoms with Crippen LogP contribution in [0.4, 0.5) is 0 Å². The zero-order valence-corrected chi connectivity index (χ0v) is 19.4. The molecular formula is C25H34N4OS. The van der Waals surface area contributed by atoms with Gasteiger partial charge in [-0.3, -0.25) is 4.90 Å². The van der Waals surface area contributed by atoms with Gasteiger partial charge >= 0.3 is 0 Å². The van der Waals surface area contributed by atoms with Crippen molar-refractivity contribution in [1.82, 2.24) is 19.8 Å². The van der Waals surface area contributed by atoms with Gasteiger partial charge in [0.2, 0.25) is 0 Å². The Labute approximate surface area is 190 Å². The number of hydrogen-bond acceptors (Lipinski definition) is 6. The largest absolute Gasteiger partial charge is 0.497 e. The van der Waals surface area contributed by atoms with Gasteiger partial charge in [0.05, 0.1) is 7.11 Å². The third kappa shape index (κ3) is 6.79. The van der Waals surface area contributed by atoms with E-state index in [1.54, 1.807) is 18.9 Å². The Bertz CT molecular complexity index is 836. The van der Waals surface area contributed by atoms with Crippen molar-refractivity contribution < 1.29 is 4.74 Å². The summed E-state index contributed by atoms with van der Waals surface area (Å²) in [6.45, 7) is 6.87. The van der Waals surface area contributed by atoms with Crippen LogP contribution in [0.5, 0.6) is 5.75 Å². The summed E-state index contributed by atoms with van der Waals surface area (Å²) in [7, 11) is 1.70. The van der Waals surface area contributed by atoms with E-state index in [4.69, 9.17) is 9.72 Å². The number of nitrogens with zero attached hydrogens (tertiary/aromatic N) is 4. The maximum Gasteiger partial charge on any atom is 0.187 e. The first-order chi connectivity index (χ1) is 15.3. The van der Waals surface area contributed by atoms with Crippen molar-refractivity contribution in [3.63, 3.8) is 0 Å². The zero-order chi connectivity index (χ0) is 21.3. The number of methoxy groups -OCH3 is 1. The Morgan fingerprint density at radius 2 is 1.87 bits per heavy atom. The van der Waals surface area contributed by atoms with E-state index >= 15 is 0 Å². The molecule has 4 rings (SSSR count). The molecule has 1 aromatic heterocycles. The normalized spacial score (nSPS) is 20.5. The summed E-state index contributed by atoms with van der Waals surface area (Å²) in [5.74, 6) is 2.48. The lowest BCUT2D eigenvalue weighted by Gasteiger charge is -2.31. The van der Waals surface area contributed by atoms with Gasteiger partial charge in [0, 0.05) is 43.2 Å². The highest BCUT2D eigenvalue weighted by Crippen LogP contribution is 2.27. The molecule has 0 N–H and O–H groups in total. The standard InChI is InChI=1S/C25H34N4OS/c1-30-23-10-8-21(9-11-23)6-4-16-29-17-5-7-22(20-29)24-12-13-26-25(27-24)31-19-18-28-14-2-3-15-28/h4,6,8-13,22H,2-3,5,7,14-20H2,1H3/b6-4+/t22-/m0/s1. The van der Waals surface area contributed by atoms with Crippen LogP contribution in [-0.2, 0) is 0 Å². The topological polar surface area (TPSA) is 41.5 Å². The maximum absolute atomic E-state index is 5.23. The first-order valence-corrected chi connectivity index (χ1v) is 12.5. The van der Waals surface area contributed by atoms with Crippen molar-refractivity contribution in [2.24, 2.45) is 0 Å². The molecule has 0 saturated carbocycles. The van der Waals surface area contributed by atoms with Crippen molar-refractivity contribution in [3.8, 4) is 5.75 Å². The van der Waals surface area contributed by atoms with Crippen LogP contribution in [0, 0.1) is 0 Å². The number of rotatable bonds is 9. The van der Waals surface area contributed by atoms with Gasteiger partial charge in [0.25, 0.3) is 0 Å². The fourth-order valence-corrected chi connectivity index (χ4v) is 5.28. The molecule has 0 amide bonds. The molecule has 2 saturated heterocycles. The minimum Gasteiger partial charge on any atom is -0.497 e. The minimum atomic E-state index is 0.504. The average molecular weight is 439 g/mol. The van der Waals surface area contributed by atoms with Gasteiger partial charge in [-0.25, -0.2) is 9.97 Å². The number of benzene rings is 1. The molecule has 0 bridgehead atoms. The highest BCUT2D eigenvalue weighted by molar-refractivity contribution is 7.99. The third-order valence-electron chi connectivity index (χ3n) is 6.21. The van der Waals surface area contributed by atoms with Crippen LogP contribution in [-0.4, -0.2) is 71.9 Å². The zero-order valence-electron chi connectivity index (χ0n) is 18.6. The van der Waals surface area contributed by atoms with Gasteiger partial charge in [-0.05, 0) is 69.1 Å². The molecule has 2 fully saturated rings. The van der Waals surface area contributed by atoms with E-state index in [-0.39, 0.29) is 0 Å². The van der Waals surface area contributed by atoms with Crippen LogP contribution in [0.1, 0.15) is 42.9 Å². The van der Waals surface area contributed by atoms with E-state index in [9.17, 15) is 0 Å². The third-order valence-corrected chi connectivity index (χ3v) is 7.05. The van der Waals surface area contributed by atoms with Crippen LogP contribution in [0.25, 0.3) is 6.08 Å². The lowest BCUT2D eigenvalue weighted by atomic mass is 9.94. The van der Waals surface area contributed by atoms with E-state index in [1.807, 2.05) is 18.3 Å². The number of piperidine rings is 1. The molecule has 0 unspecified atom stereocenters. The molecule has 0 spiro atoms. The smallest absolute Gasteiger partial charge is 0.187 e. The molecule has 3 heterocycles. The number of likely N-dealkylation sites (tertiary alicyclic amines) is 2. The van der Waals surface area contributed by atoms with Gasteiger partial charge in [0.15, 0.2) is 5.16 Å². The number of thioether (sulfide) groups is 1. The second-order valence-electron chi connectivity index (χ2n) is 8.44. The van der Waals surface area contributed by atoms with E-state index in [0.29, 0.717) is 5.92 Å². The monoisotopic (exact) mass is 438 g/mol. The fraction of sp³-hybridized carbons (Fsp3) is 0.520. The Morgan fingerprint density at radius 3 is 2.68 bits per heavy atom. The first-order valence-electron chi connectivity index (χ1n) is 11.5. The maximum atomic E-state index is 5.23. The summed E-state index contributed by atoms with van der Waals surface area (Å²) in [6.07, 6.45) is 11.6. The molecule has 1 atom stereocenters. The highest BCUT2D eigenvalue weighted by atomic mass is 32.2. The molecule has 0 radical (unpaired) electrons. The van der Waals surface area contributed by atoms with E-state index in [2.05, 4.69) is 45.1 Å². The van der Waals surface area contributed by atoms with Crippen molar-refractivity contribution in [2.75, 3.05) is 52.1 Å². The Morgan fingerprint density at radius 1 is 1.06 bits per heavy atom. The molecule has 31 heavy (non-hydrogen) atoms. The fourth-order valence-electron chi connectivity index (χ4n) is 4.44. The minimum absolute atomic E-state index is 0.504. The molecule has 2 aliphatic rings. The SMILES string of the molecule is COc1ccc(/C=C/CN2CCC[C@H](c3ccnc(SCCN4CCCC4)n3)C2)cc1. The van der Waals surface area contributed by atoms with Crippen LogP contribution in [0.2, 0.25) is 0 Å². The summed E-state index contributed by atoms with van der Waals surface area (Å²) in [6, 6.07) is 10.3. The Balaban J connectivity index is 1.26. The van der Waals surface area contributed by atoms with Gasteiger partial charge in [-0.2, -0.15) is 0 Å². The van der Waals surface area contributed by atoms with Gasteiger partial charge in [0.1, 0.15) is 5.75 Å². The molecule has 6 heteroatoms. The molecule has 166 valence electrons. The molecule has 2 aromatic rings. The van der Waals surface area contributed by atoms with Gasteiger partial charge < -0.3 is 9.64 Å². The van der Waals surface area contributed by atoms with Gasteiger partial charge in [-0.1, -0.05) is 36.0 Å².